The average Bonchev–Trinajstić information content (AvgIpc) is 2.42. The smallest absolute Gasteiger partial charge is 0.236 e. The maximum absolute atomic E-state index is 12.1. The number of anilines is 1. The van der Waals surface area contributed by atoms with Crippen LogP contribution in [-0.2, 0) is 15.8 Å². The van der Waals surface area contributed by atoms with E-state index in [-0.39, 0.29) is 21.5 Å². The molecule has 0 heterocycles. The van der Waals surface area contributed by atoms with Gasteiger partial charge in [-0.05, 0) is 11.6 Å². The largest absolute Gasteiger partial charge is 0.495 e. The van der Waals surface area contributed by atoms with E-state index < -0.39 is 10.0 Å². The maximum atomic E-state index is 12.1. The van der Waals surface area contributed by atoms with Crippen LogP contribution in [0.4, 0.5) is 5.69 Å². The lowest BCUT2D eigenvalue weighted by Gasteiger charge is -2.12. The summed E-state index contributed by atoms with van der Waals surface area (Å²) in [7, 11) is -2.13. The Morgan fingerprint density at radius 1 is 1.10 bits per heavy atom. The summed E-state index contributed by atoms with van der Waals surface area (Å²) in [6.07, 6.45) is 0. The lowest BCUT2D eigenvalue weighted by Crippen LogP contribution is -2.15. The first-order valence-corrected chi connectivity index (χ1v) is 8.39. The summed E-state index contributed by atoms with van der Waals surface area (Å²) in [5.74, 6) is 0.237. The fourth-order valence-corrected chi connectivity index (χ4v) is 3.47. The number of benzene rings is 2. The van der Waals surface area contributed by atoms with Crippen molar-refractivity contribution in [1.29, 1.82) is 0 Å². The number of sulfonamides is 1. The Labute approximate surface area is 133 Å². The van der Waals surface area contributed by atoms with E-state index in [0.29, 0.717) is 11.3 Å². The van der Waals surface area contributed by atoms with Crippen molar-refractivity contribution in [3.05, 3.63) is 58.1 Å². The normalized spacial score (nSPS) is 11.2. The zero-order valence-corrected chi connectivity index (χ0v) is 13.5. The van der Waals surface area contributed by atoms with Gasteiger partial charge in [-0.25, -0.2) is 8.42 Å². The summed E-state index contributed by atoms with van der Waals surface area (Å²) in [6, 6.07) is 11.7. The first-order valence-electron chi connectivity index (χ1n) is 5.99. The zero-order valence-electron chi connectivity index (χ0n) is 11.1. The van der Waals surface area contributed by atoms with E-state index in [0.717, 1.165) is 0 Å². The van der Waals surface area contributed by atoms with Crippen LogP contribution in [0.15, 0.2) is 42.5 Å². The minimum atomic E-state index is -3.58. The fraction of sp³-hybridized carbons (Fsp3) is 0.143. The zero-order chi connectivity index (χ0) is 15.5. The van der Waals surface area contributed by atoms with Gasteiger partial charge >= 0.3 is 0 Å². The minimum absolute atomic E-state index is 0.145. The molecule has 0 spiro atoms. The van der Waals surface area contributed by atoms with E-state index in [2.05, 4.69) is 4.72 Å². The molecular formula is C14H13Cl2NO3S. The van der Waals surface area contributed by atoms with Crippen molar-refractivity contribution < 1.29 is 13.2 Å². The average molecular weight is 346 g/mol. The Balaban J connectivity index is 2.23. The van der Waals surface area contributed by atoms with E-state index in [1.54, 1.807) is 24.3 Å². The highest BCUT2D eigenvalue weighted by Crippen LogP contribution is 2.34. The van der Waals surface area contributed by atoms with Crippen LogP contribution < -0.4 is 9.46 Å². The van der Waals surface area contributed by atoms with Crippen molar-refractivity contribution in [3.8, 4) is 5.75 Å². The van der Waals surface area contributed by atoms with Gasteiger partial charge in [-0.3, -0.25) is 4.72 Å². The van der Waals surface area contributed by atoms with Crippen molar-refractivity contribution in [2.75, 3.05) is 11.8 Å². The molecule has 21 heavy (non-hydrogen) atoms. The molecule has 0 atom stereocenters. The van der Waals surface area contributed by atoms with Crippen LogP contribution in [0.5, 0.6) is 5.75 Å². The summed E-state index contributed by atoms with van der Waals surface area (Å²) in [5, 5.41) is 0.493. The van der Waals surface area contributed by atoms with Crippen molar-refractivity contribution in [1.82, 2.24) is 0 Å². The van der Waals surface area contributed by atoms with Gasteiger partial charge in [0, 0.05) is 6.07 Å². The van der Waals surface area contributed by atoms with Gasteiger partial charge in [0.15, 0.2) is 0 Å². The molecule has 0 saturated heterocycles. The predicted octanol–water partition coefficient (Wildman–Crippen LogP) is 3.94. The highest BCUT2D eigenvalue weighted by molar-refractivity contribution is 7.91. The molecule has 0 aliphatic rings. The molecule has 0 saturated carbocycles. The van der Waals surface area contributed by atoms with Gasteiger partial charge in [0.1, 0.15) is 5.75 Å². The molecule has 2 aromatic carbocycles. The number of ether oxygens (including phenoxy) is 1. The number of hydrogen-bond donors (Lipinski definition) is 1. The van der Waals surface area contributed by atoms with E-state index in [1.165, 1.54) is 19.2 Å². The first kappa shape index (κ1) is 15.9. The van der Waals surface area contributed by atoms with Crippen molar-refractivity contribution in [2.24, 2.45) is 0 Å². The molecule has 0 aromatic heterocycles. The third-order valence-corrected chi connectivity index (χ3v) is 4.56. The molecule has 0 radical (unpaired) electrons. The van der Waals surface area contributed by atoms with Crippen LogP contribution in [0.1, 0.15) is 5.56 Å². The van der Waals surface area contributed by atoms with Gasteiger partial charge in [-0.1, -0.05) is 53.5 Å². The Morgan fingerprint density at radius 2 is 1.76 bits per heavy atom. The van der Waals surface area contributed by atoms with Gasteiger partial charge in [0.25, 0.3) is 0 Å². The molecular weight excluding hydrogens is 333 g/mol. The molecule has 4 nitrogen and oxygen atoms in total. The second-order valence-corrected chi connectivity index (χ2v) is 6.85. The summed E-state index contributed by atoms with van der Waals surface area (Å²) >= 11 is 12.0. The number of nitrogens with one attached hydrogen (secondary N) is 1. The topological polar surface area (TPSA) is 55.4 Å². The van der Waals surface area contributed by atoms with E-state index in [1.807, 2.05) is 6.07 Å². The van der Waals surface area contributed by atoms with Crippen LogP contribution in [-0.4, -0.2) is 15.5 Å². The molecule has 0 unspecified atom stereocenters. The van der Waals surface area contributed by atoms with Gasteiger partial charge in [-0.2, -0.15) is 0 Å². The molecule has 7 heteroatoms. The van der Waals surface area contributed by atoms with Crippen LogP contribution >= 0.6 is 23.2 Å². The second-order valence-electron chi connectivity index (χ2n) is 4.31. The summed E-state index contributed by atoms with van der Waals surface area (Å²) in [4.78, 5) is 0. The Hall–Kier alpha value is -1.43. The Kier molecular flexibility index (Phi) is 4.98. The van der Waals surface area contributed by atoms with Crippen LogP contribution in [0.3, 0.4) is 0 Å². The Bertz CT molecular complexity index is 733. The number of methoxy groups -OCH3 is 1. The van der Waals surface area contributed by atoms with E-state index >= 15 is 0 Å². The van der Waals surface area contributed by atoms with Crippen molar-refractivity contribution in [2.45, 2.75) is 5.75 Å². The monoisotopic (exact) mass is 345 g/mol. The molecule has 112 valence electrons. The Morgan fingerprint density at radius 3 is 2.38 bits per heavy atom. The summed E-state index contributed by atoms with van der Waals surface area (Å²) in [6.45, 7) is 0. The van der Waals surface area contributed by atoms with E-state index in [9.17, 15) is 8.42 Å². The van der Waals surface area contributed by atoms with Gasteiger partial charge in [-0.15, -0.1) is 0 Å². The van der Waals surface area contributed by atoms with Gasteiger partial charge in [0.05, 0.1) is 28.6 Å². The number of halogens is 2. The molecule has 0 bridgehead atoms. The molecule has 2 aromatic rings. The third-order valence-electron chi connectivity index (χ3n) is 2.71. The van der Waals surface area contributed by atoms with Crippen molar-refractivity contribution in [3.63, 3.8) is 0 Å². The molecule has 0 aliphatic carbocycles. The molecule has 0 fully saturated rings. The number of hydrogen-bond acceptors (Lipinski definition) is 3. The van der Waals surface area contributed by atoms with E-state index in [4.69, 9.17) is 27.9 Å². The highest BCUT2D eigenvalue weighted by Gasteiger charge is 2.15. The highest BCUT2D eigenvalue weighted by atomic mass is 35.5. The predicted molar refractivity (Wildman–Crippen MR) is 85.7 cm³/mol. The lowest BCUT2D eigenvalue weighted by molar-refractivity contribution is 0.415. The van der Waals surface area contributed by atoms with Crippen molar-refractivity contribution >= 4 is 38.9 Å². The molecule has 0 amide bonds. The third kappa shape index (κ3) is 4.27. The quantitative estimate of drug-likeness (QED) is 0.892. The minimum Gasteiger partial charge on any atom is -0.495 e. The summed E-state index contributed by atoms with van der Waals surface area (Å²) < 4.78 is 31.7. The van der Waals surface area contributed by atoms with Gasteiger partial charge < -0.3 is 4.74 Å². The standard InChI is InChI=1S/C14H13Cl2NO3S/c1-20-14-8-11(15)13(7-12(14)16)17-21(18,19)9-10-5-3-2-4-6-10/h2-8,17H,9H2,1H3. The maximum Gasteiger partial charge on any atom is 0.236 e. The molecule has 0 aliphatic heterocycles. The second kappa shape index (κ2) is 6.56. The SMILES string of the molecule is COc1cc(Cl)c(NS(=O)(=O)Cc2ccccc2)cc1Cl. The molecule has 1 N–H and O–H groups in total. The fourth-order valence-electron chi connectivity index (χ4n) is 1.76. The lowest BCUT2D eigenvalue weighted by atomic mass is 10.2. The summed E-state index contributed by atoms with van der Waals surface area (Å²) in [5.41, 5.74) is 0.902. The van der Waals surface area contributed by atoms with Crippen LogP contribution in [0.2, 0.25) is 10.0 Å². The molecule has 2 rings (SSSR count). The first-order chi connectivity index (χ1) is 9.91. The van der Waals surface area contributed by atoms with Gasteiger partial charge in [0.2, 0.25) is 10.0 Å². The van der Waals surface area contributed by atoms with Crippen LogP contribution in [0, 0.1) is 0 Å². The number of rotatable bonds is 5. The van der Waals surface area contributed by atoms with Crippen LogP contribution in [0.25, 0.3) is 0 Å².